The summed E-state index contributed by atoms with van der Waals surface area (Å²) < 4.78 is 6.35. The number of fused-ring (bicyclic) bond motifs is 2. The van der Waals surface area contributed by atoms with Crippen LogP contribution in [0.25, 0.3) is 0 Å². The summed E-state index contributed by atoms with van der Waals surface area (Å²) in [6.45, 7) is 0. The Kier molecular flexibility index (Phi) is 1.74. The number of hydrogen-bond donors (Lipinski definition) is 0. The van der Waals surface area contributed by atoms with Crippen LogP contribution in [0, 0.1) is 29.6 Å². The first-order valence-corrected chi connectivity index (χ1v) is 7.65. The molecule has 6 atom stereocenters. The van der Waals surface area contributed by atoms with Crippen LogP contribution >= 0.6 is 0 Å². The van der Waals surface area contributed by atoms with Crippen LogP contribution in [0.3, 0.4) is 0 Å². The summed E-state index contributed by atoms with van der Waals surface area (Å²) in [6.07, 6.45) is 5.50. The van der Waals surface area contributed by atoms with Crippen molar-refractivity contribution < 1.29 is 14.3 Å². The van der Waals surface area contributed by atoms with Crippen molar-refractivity contribution >= 4 is 11.7 Å². The lowest BCUT2D eigenvalue weighted by Gasteiger charge is -2.41. The second-order valence-corrected chi connectivity index (χ2v) is 7.13. The summed E-state index contributed by atoms with van der Waals surface area (Å²) in [5, 5.41) is 0. The molecule has 5 rings (SSSR count). The molecule has 3 aliphatic carbocycles. The second kappa shape index (κ2) is 3.05. The lowest BCUT2D eigenvalue weighted by Crippen LogP contribution is -2.52. The molecule has 5 fully saturated rings. The number of carbonyl (C=O) groups excluding carboxylic acids is 2. The first-order valence-electron chi connectivity index (χ1n) is 7.65. The van der Waals surface area contributed by atoms with Gasteiger partial charge in [-0.05, 0) is 19.3 Å². The van der Waals surface area contributed by atoms with Crippen LogP contribution in [-0.4, -0.2) is 35.5 Å². The van der Waals surface area contributed by atoms with E-state index in [2.05, 4.69) is 0 Å². The molecular formula is C15H19NO3. The van der Waals surface area contributed by atoms with Gasteiger partial charge in [-0.25, -0.2) is 0 Å². The van der Waals surface area contributed by atoms with Gasteiger partial charge in [0.1, 0.15) is 6.10 Å². The predicted molar refractivity (Wildman–Crippen MR) is 65.9 cm³/mol. The molecular weight excluding hydrogens is 242 g/mol. The average Bonchev–Trinajstić information content (AvgIpc) is 3.12. The fraction of sp³-hybridized carbons (Fsp3) is 0.867. The minimum atomic E-state index is -0.422. The third-order valence-electron chi connectivity index (χ3n) is 6.72. The number of hydrogen-bond acceptors (Lipinski definition) is 3. The fourth-order valence-corrected chi connectivity index (χ4v) is 6.13. The van der Waals surface area contributed by atoms with Gasteiger partial charge in [-0.2, -0.15) is 0 Å². The second-order valence-electron chi connectivity index (χ2n) is 7.13. The number of amides is 1. The molecule has 4 nitrogen and oxygen atoms in total. The highest BCUT2D eigenvalue weighted by Gasteiger charge is 2.79. The molecule has 102 valence electrons. The number of likely N-dealkylation sites (tertiary alicyclic amines) is 1. The molecule has 2 bridgehead atoms. The lowest BCUT2D eigenvalue weighted by molar-refractivity contribution is -0.181. The van der Waals surface area contributed by atoms with Crippen LogP contribution in [0.1, 0.15) is 32.1 Å². The number of ether oxygens (including phenoxy) is 1. The van der Waals surface area contributed by atoms with E-state index >= 15 is 0 Å². The summed E-state index contributed by atoms with van der Waals surface area (Å²) in [7, 11) is 1.91. The summed E-state index contributed by atoms with van der Waals surface area (Å²) in [6, 6.07) is 0. The van der Waals surface area contributed by atoms with Gasteiger partial charge < -0.3 is 9.64 Å². The van der Waals surface area contributed by atoms with Crippen molar-refractivity contribution in [2.24, 2.45) is 29.6 Å². The molecule has 0 radical (unpaired) electrons. The van der Waals surface area contributed by atoms with Gasteiger partial charge in [0.15, 0.2) is 11.5 Å². The van der Waals surface area contributed by atoms with Crippen LogP contribution in [0.15, 0.2) is 0 Å². The molecule has 1 amide bonds. The SMILES string of the molecule is CN1C(=O)C2C3CC4C(OC1(C1CCCC1)C42)C3=O. The topological polar surface area (TPSA) is 46.6 Å². The van der Waals surface area contributed by atoms with Gasteiger partial charge >= 0.3 is 0 Å². The van der Waals surface area contributed by atoms with E-state index in [1.165, 1.54) is 12.8 Å². The molecule has 19 heavy (non-hydrogen) atoms. The molecule has 2 saturated heterocycles. The van der Waals surface area contributed by atoms with Gasteiger partial charge in [-0.1, -0.05) is 12.8 Å². The first-order chi connectivity index (χ1) is 9.16. The number of nitrogens with zero attached hydrogens (tertiary/aromatic N) is 1. The fourth-order valence-electron chi connectivity index (χ4n) is 6.13. The maximum Gasteiger partial charge on any atom is 0.228 e. The highest BCUT2D eigenvalue weighted by molar-refractivity contribution is 5.98. The molecule has 2 heterocycles. The van der Waals surface area contributed by atoms with Gasteiger partial charge in [-0.3, -0.25) is 9.59 Å². The number of Topliss-reactive ketones (excluding diaryl/α,β-unsaturated/α-hetero) is 1. The van der Waals surface area contributed by atoms with Gasteiger partial charge in [0, 0.05) is 30.7 Å². The van der Waals surface area contributed by atoms with Crippen molar-refractivity contribution in [1.82, 2.24) is 4.90 Å². The predicted octanol–water partition coefficient (Wildman–Crippen LogP) is 1.19. The van der Waals surface area contributed by atoms with Crippen molar-refractivity contribution in [1.29, 1.82) is 0 Å². The minimum Gasteiger partial charge on any atom is -0.344 e. The van der Waals surface area contributed by atoms with Crippen molar-refractivity contribution in [2.45, 2.75) is 43.9 Å². The summed E-state index contributed by atoms with van der Waals surface area (Å²) in [4.78, 5) is 26.8. The molecule has 6 unspecified atom stereocenters. The summed E-state index contributed by atoms with van der Waals surface area (Å²) in [5.41, 5.74) is -0.422. The van der Waals surface area contributed by atoms with E-state index in [-0.39, 0.29) is 29.6 Å². The Labute approximate surface area is 112 Å². The Morgan fingerprint density at radius 1 is 1.26 bits per heavy atom. The largest absolute Gasteiger partial charge is 0.344 e. The van der Waals surface area contributed by atoms with Crippen LogP contribution < -0.4 is 0 Å². The van der Waals surface area contributed by atoms with Gasteiger partial charge in [0.2, 0.25) is 5.91 Å². The highest BCUT2D eigenvalue weighted by Crippen LogP contribution is 2.68. The van der Waals surface area contributed by atoms with Gasteiger partial charge in [0.25, 0.3) is 0 Å². The van der Waals surface area contributed by atoms with E-state index in [1.807, 2.05) is 11.9 Å². The molecule has 0 N–H and O–H groups in total. The van der Waals surface area contributed by atoms with Crippen molar-refractivity contribution in [3.05, 3.63) is 0 Å². The minimum absolute atomic E-state index is 0.0271. The van der Waals surface area contributed by atoms with Crippen LogP contribution in [-0.2, 0) is 14.3 Å². The smallest absolute Gasteiger partial charge is 0.228 e. The first kappa shape index (κ1) is 10.8. The molecule has 3 saturated carbocycles. The van der Waals surface area contributed by atoms with Crippen LogP contribution in [0.2, 0.25) is 0 Å². The van der Waals surface area contributed by atoms with Gasteiger partial charge in [-0.15, -0.1) is 0 Å². The average molecular weight is 261 g/mol. The third kappa shape index (κ3) is 0.920. The third-order valence-corrected chi connectivity index (χ3v) is 6.72. The zero-order chi connectivity index (χ0) is 12.9. The van der Waals surface area contributed by atoms with Crippen LogP contribution in [0.4, 0.5) is 0 Å². The zero-order valence-corrected chi connectivity index (χ0v) is 11.2. The molecule has 0 spiro atoms. The van der Waals surface area contributed by atoms with E-state index in [4.69, 9.17) is 4.74 Å². The Hall–Kier alpha value is -0.900. The van der Waals surface area contributed by atoms with E-state index in [1.54, 1.807) is 0 Å². The molecule has 0 aromatic rings. The monoisotopic (exact) mass is 261 g/mol. The quantitative estimate of drug-likeness (QED) is 0.712. The van der Waals surface area contributed by atoms with E-state index in [0.29, 0.717) is 17.8 Å². The van der Waals surface area contributed by atoms with E-state index in [9.17, 15) is 9.59 Å². The lowest BCUT2D eigenvalue weighted by atomic mass is 9.74. The van der Waals surface area contributed by atoms with Crippen molar-refractivity contribution in [2.75, 3.05) is 7.05 Å². The van der Waals surface area contributed by atoms with Gasteiger partial charge in [0.05, 0.1) is 5.92 Å². The molecule has 2 aliphatic heterocycles. The van der Waals surface area contributed by atoms with E-state index in [0.717, 1.165) is 19.3 Å². The Balaban J connectivity index is 1.69. The summed E-state index contributed by atoms with van der Waals surface area (Å²) >= 11 is 0. The molecule has 5 aliphatic rings. The maximum absolute atomic E-state index is 12.6. The number of carbonyl (C=O) groups is 2. The summed E-state index contributed by atoms with van der Waals surface area (Å²) in [5.74, 6) is 1.41. The molecule has 0 aromatic carbocycles. The van der Waals surface area contributed by atoms with Crippen molar-refractivity contribution in [3.8, 4) is 0 Å². The highest BCUT2D eigenvalue weighted by atomic mass is 16.5. The molecule has 0 aromatic heterocycles. The number of ketones is 1. The van der Waals surface area contributed by atoms with E-state index < -0.39 is 5.72 Å². The van der Waals surface area contributed by atoms with Crippen molar-refractivity contribution in [3.63, 3.8) is 0 Å². The Morgan fingerprint density at radius 3 is 2.74 bits per heavy atom. The maximum atomic E-state index is 12.6. The van der Waals surface area contributed by atoms with Crippen LogP contribution in [0.5, 0.6) is 0 Å². The Morgan fingerprint density at radius 2 is 2.00 bits per heavy atom. The zero-order valence-electron chi connectivity index (χ0n) is 11.2. The number of rotatable bonds is 1. The standard InChI is InChI=1S/C15H19NO3/c1-16-14(18)10-8-6-9-11(10)15(16,7-4-2-3-5-7)19-13(9)12(8)17/h7-11,13H,2-6H2,1H3. The normalized spacial score (nSPS) is 55.0. The molecule has 4 heteroatoms. The Bertz CT molecular complexity index is 498.